The molecule has 2 nitrogen and oxygen atoms in total. The first-order chi connectivity index (χ1) is 9.96. The van der Waals surface area contributed by atoms with E-state index in [4.69, 9.17) is 0 Å². The largest absolute Gasteiger partial charge is 0.387 e. The van der Waals surface area contributed by atoms with E-state index in [0.717, 1.165) is 12.3 Å². The highest BCUT2D eigenvalue weighted by molar-refractivity contribution is 5.19. The Bertz CT molecular complexity index is 441. The van der Waals surface area contributed by atoms with Crippen LogP contribution in [0.3, 0.4) is 0 Å². The van der Waals surface area contributed by atoms with Gasteiger partial charge >= 0.3 is 0 Å². The van der Waals surface area contributed by atoms with E-state index in [0.29, 0.717) is 12.1 Å². The second-order valence-electron chi connectivity index (χ2n) is 7.04. The molecule has 0 bridgehead atoms. The van der Waals surface area contributed by atoms with Crippen molar-refractivity contribution >= 4 is 0 Å². The van der Waals surface area contributed by atoms with E-state index in [1.54, 1.807) is 12.1 Å². The summed E-state index contributed by atoms with van der Waals surface area (Å²) in [5.41, 5.74) is 0.645. The van der Waals surface area contributed by atoms with Gasteiger partial charge in [0.15, 0.2) is 0 Å². The van der Waals surface area contributed by atoms with Gasteiger partial charge in [-0.2, -0.15) is 0 Å². The maximum absolute atomic E-state index is 13.2. The van der Waals surface area contributed by atoms with Crippen molar-refractivity contribution in [1.82, 2.24) is 5.32 Å². The molecule has 0 saturated heterocycles. The van der Waals surface area contributed by atoms with Gasteiger partial charge in [0.25, 0.3) is 0 Å². The summed E-state index contributed by atoms with van der Waals surface area (Å²) >= 11 is 0. The van der Waals surface area contributed by atoms with Crippen LogP contribution >= 0.6 is 0 Å². The van der Waals surface area contributed by atoms with Gasteiger partial charge in [-0.3, -0.25) is 0 Å². The highest BCUT2D eigenvalue weighted by Crippen LogP contribution is 2.30. The van der Waals surface area contributed by atoms with E-state index in [1.807, 2.05) is 0 Å². The molecule has 1 fully saturated rings. The molecule has 0 radical (unpaired) electrons. The highest BCUT2D eigenvalue weighted by atomic mass is 19.1. The number of β-amino-alcohol motifs (C(OH)–C–C–N with tert-alkyl or cyclic N) is 1. The van der Waals surface area contributed by atoms with Crippen molar-refractivity contribution < 1.29 is 9.50 Å². The van der Waals surface area contributed by atoms with Crippen molar-refractivity contribution in [2.45, 2.75) is 64.0 Å². The summed E-state index contributed by atoms with van der Waals surface area (Å²) in [6, 6.07) is 6.21. The number of hydrogen-bond donors (Lipinski definition) is 2. The van der Waals surface area contributed by atoms with E-state index in [-0.39, 0.29) is 11.4 Å². The Balaban J connectivity index is 1.82. The molecule has 2 N–H and O–H groups in total. The molecular weight excluding hydrogens is 265 g/mol. The summed E-state index contributed by atoms with van der Waals surface area (Å²) in [5.74, 6) is 0.501. The molecule has 118 valence electrons. The Hall–Kier alpha value is -0.930. The van der Waals surface area contributed by atoms with Crippen molar-refractivity contribution in [3.8, 4) is 0 Å². The van der Waals surface area contributed by atoms with Crippen molar-refractivity contribution in [2.75, 3.05) is 6.54 Å². The van der Waals surface area contributed by atoms with Gasteiger partial charge in [-0.15, -0.1) is 0 Å². The number of aliphatic hydroxyl groups is 1. The average molecular weight is 293 g/mol. The normalized spacial score (nSPS) is 18.7. The fraction of sp³-hybridized carbons (Fsp3) is 0.667. The molecule has 1 saturated carbocycles. The fourth-order valence-electron chi connectivity index (χ4n) is 3.39. The molecule has 0 spiro atoms. The van der Waals surface area contributed by atoms with Crippen LogP contribution in [-0.4, -0.2) is 17.2 Å². The van der Waals surface area contributed by atoms with E-state index in [2.05, 4.69) is 19.2 Å². The minimum Gasteiger partial charge on any atom is -0.387 e. The number of nitrogens with one attached hydrogen (secondary N) is 1. The minimum atomic E-state index is -0.661. The predicted octanol–water partition coefficient (Wildman–Crippen LogP) is 4.20. The first-order valence-corrected chi connectivity index (χ1v) is 8.15. The topological polar surface area (TPSA) is 32.3 Å². The summed E-state index contributed by atoms with van der Waals surface area (Å²) in [6.07, 6.45) is 7.23. The highest BCUT2D eigenvalue weighted by Gasteiger charge is 2.25. The van der Waals surface area contributed by atoms with Crippen LogP contribution in [-0.2, 0) is 0 Å². The van der Waals surface area contributed by atoms with Crippen LogP contribution in [0, 0.1) is 11.7 Å². The van der Waals surface area contributed by atoms with Gasteiger partial charge in [-0.05, 0) is 43.9 Å². The van der Waals surface area contributed by atoms with Gasteiger partial charge in [0.05, 0.1) is 6.10 Å². The van der Waals surface area contributed by atoms with Crippen molar-refractivity contribution in [2.24, 2.45) is 5.92 Å². The quantitative estimate of drug-likeness (QED) is 0.824. The van der Waals surface area contributed by atoms with Gasteiger partial charge in [0.1, 0.15) is 5.82 Å². The lowest BCUT2D eigenvalue weighted by molar-refractivity contribution is 0.151. The summed E-state index contributed by atoms with van der Waals surface area (Å²) < 4.78 is 13.2. The Kier molecular flexibility index (Phi) is 5.77. The molecular formula is C18H28FNO. The molecule has 1 aliphatic carbocycles. The molecule has 0 aromatic heterocycles. The number of halogens is 1. The summed E-state index contributed by atoms with van der Waals surface area (Å²) in [4.78, 5) is 0. The molecule has 1 atom stereocenters. The Morgan fingerprint density at radius 1 is 1.29 bits per heavy atom. The molecule has 1 aromatic carbocycles. The van der Waals surface area contributed by atoms with E-state index < -0.39 is 6.10 Å². The lowest BCUT2D eigenvalue weighted by atomic mass is 9.81. The van der Waals surface area contributed by atoms with Gasteiger partial charge in [-0.25, -0.2) is 4.39 Å². The second-order valence-corrected chi connectivity index (χ2v) is 7.04. The number of hydrogen-bond acceptors (Lipinski definition) is 2. The van der Waals surface area contributed by atoms with Crippen LogP contribution in [0.2, 0.25) is 0 Å². The molecule has 2 rings (SSSR count). The first-order valence-electron chi connectivity index (χ1n) is 8.15. The lowest BCUT2D eigenvalue weighted by Gasteiger charge is -2.33. The maximum atomic E-state index is 13.2. The average Bonchev–Trinajstić information content (AvgIpc) is 2.45. The maximum Gasteiger partial charge on any atom is 0.123 e. The zero-order valence-corrected chi connectivity index (χ0v) is 13.2. The van der Waals surface area contributed by atoms with Crippen LogP contribution in [0.15, 0.2) is 24.3 Å². The van der Waals surface area contributed by atoms with E-state index >= 15 is 0 Å². The molecule has 0 aliphatic heterocycles. The van der Waals surface area contributed by atoms with Crippen LogP contribution < -0.4 is 5.32 Å². The van der Waals surface area contributed by atoms with Gasteiger partial charge in [0, 0.05) is 12.1 Å². The fourth-order valence-corrected chi connectivity index (χ4v) is 3.39. The molecule has 0 amide bonds. The molecule has 1 aliphatic rings. The van der Waals surface area contributed by atoms with Crippen LogP contribution in [0.25, 0.3) is 0 Å². The van der Waals surface area contributed by atoms with Crippen molar-refractivity contribution in [3.05, 3.63) is 35.6 Å². The van der Waals surface area contributed by atoms with Crippen molar-refractivity contribution in [1.29, 1.82) is 0 Å². The second kappa shape index (κ2) is 7.37. The van der Waals surface area contributed by atoms with Gasteiger partial charge in [0.2, 0.25) is 0 Å². The zero-order valence-electron chi connectivity index (χ0n) is 13.2. The Morgan fingerprint density at radius 2 is 2.00 bits per heavy atom. The van der Waals surface area contributed by atoms with Crippen LogP contribution in [0.5, 0.6) is 0 Å². The van der Waals surface area contributed by atoms with Crippen LogP contribution in [0.1, 0.15) is 64.0 Å². The molecule has 3 heteroatoms. The smallest absolute Gasteiger partial charge is 0.123 e. The summed E-state index contributed by atoms with van der Waals surface area (Å²) in [6.45, 7) is 4.85. The minimum absolute atomic E-state index is 0.0102. The first kappa shape index (κ1) is 16.4. The van der Waals surface area contributed by atoms with Gasteiger partial charge < -0.3 is 10.4 Å². The van der Waals surface area contributed by atoms with Crippen molar-refractivity contribution in [3.63, 3.8) is 0 Å². The Morgan fingerprint density at radius 3 is 2.67 bits per heavy atom. The number of rotatable bonds is 6. The third kappa shape index (κ3) is 5.40. The summed E-state index contributed by atoms with van der Waals surface area (Å²) in [5, 5.41) is 13.6. The Labute approximate surface area is 127 Å². The van der Waals surface area contributed by atoms with E-state index in [1.165, 1.54) is 44.2 Å². The number of benzene rings is 1. The zero-order chi connectivity index (χ0) is 15.3. The van der Waals surface area contributed by atoms with Crippen LogP contribution in [0.4, 0.5) is 4.39 Å². The van der Waals surface area contributed by atoms with E-state index in [9.17, 15) is 9.50 Å². The molecule has 0 heterocycles. The third-order valence-electron chi connectivity index (χ3n) is 4.53. The number of aliphatic hydroxyl groups excluding tert-OH is 1. The predicted molar refractivity (Wildman–Crippen MR) is 84.6 cm³/mol. The summed E-state index contributed by atoms with van der Waals surface area (Å²) in [7, 11) is 0. The molecule has 0 unspecified atom stereocenters. The third-order valence-corrected chi connectivity index (χ3v) is 4.53. The molecule has 1 aromatic rings. The monoisotopic (exact) mass is 293 g/mol. The van der Waals surface area contributed by atoms with Gasteiger partial charge in [-0.1, -0.05) is 44.2 Å². The lowest BCUT2D eigenvalue weighted by Crippen LogP contribution is -2.43. The SMILES string of the molecule is CC(C)(CC1CCCCC1)NC[C@H](O)c1cccc(F)c1. The standard InChI is InChI=1S/C18H28FNO/c1-18(2,12-14-7-4-3-5-8-14)20-13-17(21)15-9-6-10-16(19)11-15/h6,9-11,14,17,20-21H,3-5,7-8,12-13H2,1-2H3/t17-/m0/s1. The molecule has 21 heavy (non-hydrogen) atoms.